The van der Waals surface area contributed by atoms with Crippen LogP contribution in [0.4, 0.5) is 5.69 Å². The van der Waals surface area contributed by atoms with Gasteiger partial charge in [0.15, 0.2) is 0 Å². The highest BCUT2D eigenvalue weighted by Gasteiger charge is 2.40. The average Bonchev–Trinajstić information content (AvgIpc) is 2.67. The fourth-order valence-corrected chi connectivity index (χ4v) is 3.61. The smallest absolute Gasteiger partial charge is 0.251 e. The van der Waals surface area contributed by atoms with Crippen LogP contribution in [-0.2, 0) is 15.1 Å². The number of rotatable bonds is 4. The molecule has 1 heterocycles. The van der Waals surface area contributed by atoms with Gasteiger partial charge in [0.05, 0.1) is 11.2 Å². The second-order valence-electron chi connectivity index (χ2n) is 7.07. The highest BCUT2D eigenvalue weighted by molar-refractivity contribution is 6.01. The summed E-state index contributed by atoms with van der Waals surface area (Å²) in [5.74, 6) is -0.491. The van der Waals surface area contributed by atoms with E-state index in [4.69, 9.17) is 0 Å². The van der Waals surface area contributed by atoms with E-state index in [-0.39, 0.29) is 36.1 Å². The Morgan fingerprint density at radius 3 is 2.30 bits per heavy atom. The SMILES string of the molecule is O=C1CCC(=O)N(c2ccc(C(=O)NC3(c4ccccc4)CCC3)cc2)N1. The Morgan fingerprint density at radius 2 is 1.67 bits per heavy atom. The van der Waals surface area contributed by atoms with Gasteiger partial charge < -0.3 is 5.32 Å². The van der Waals surface area contributed by atoms with E-state index in [1.807, 2.05) is 30.3 Å². The Bertz CT molecular complexity index is 873. The summed E-state index contributed by atoms with van der Waals surface area (Å²) in [5, 5.41) is 4.43. The summed E-state index contributed by atoms with van der Waals surface area (Å²) in [5.41, 5.74) is 4.46. The summed E-state index contributed by atoms with van der Waals surface area (Å²) in [6.07, 6.45) is 3.33. The summed E-state index contributed by atoms with van der Waals surface area (Å²) in [4.78, 5) is 36.3. The molecule has 1 aliphatic carbocycles. The molecule has 0 aromatic heterocycles. The third-order valence-corrected chi connectivity index (χ3v) is 5.33. The van der Waals surface area contributed by atoms with Crippen LogP contribution in [0.15, 0.2) is 54.6 Å². The third kappa shape index (κ3) is 3.30. The first-order chi connectivity index (χ1) is 13.1. The number of anilines is 1. The molecule has 1 saturated heterocycles. The predicted octanol–water partition coefficient (Wildman–Crippen LogP) is 2.65. The Kier molecular flexibility index (Phi) is 4.39. The van der Waals surface area contributed by atoms with Gasteiger partial charge in [0.1, 0.15) is 0 Å². The Balaban J connectivity index is 1.50. The summed E-state index contributed by atoms with van der Waals surface area (Å²) in [6.45, 7) is 0. The predicted molar refractivity (Wildman–Crippen MR) is 101 cm³/mol. The van der Waals surface area contributed by atoms with Crippen LogP contribution in [0.5, 0.6) is 0 Å². The number of amides is 3. The van der Waals surface area contributed by atoms with E-state index in [0.29, 0.717) is 11.3 Å². The van der Waals surface area contributed by atoms with Gasteiger partial charge in [0.25, 0.3) is 5.91 Å². The van der Waals surface area contributed by atoms with Crippen LogP contribution in [0.25, 0.3) is 0 Å². The van der Waals surface area contributed by atoms with Gasteiger partial charge >= 0.3 is 0 Å². The van der Waals surface area contributed by atoms with Crippen molar-refractivity contribution in [3.05, 3.63) is 65.7 Å². The molecule has 6 nitrogen and oxygen atoms in total. The van der Waals surface area contributed by atoms with Crippen LogP contribution in [-0.4, -0.2) is 17.7 Å². The molecular weight excluding hydrogens is 342 g/mol. The molecule has 2 aromatic carbocycles. The van der Waals surface area contributed by atoms with Crippen molar-refractivity contribution in [1.29, 1.82) is 0 Å². The lowest BCUT2D eigenvalue weighted by Gasteiger charge is -2.43. The van der Waals surface area contributed by atoms with Crippen LogP contribution in [0.3, 0.4) is 0 Å². The largest absolute Gasteiger partial charge is 0.343 e. The number of benzene rings is 2. The molecule has 0 spiro atoms. The maximum atomic E-state index is 12.8. The summed E-state index contributed by atoms with van der Waals surface area (Å²) >= 11 is 0. The molecule has 2 fully saturated rings. The van der Waals surface area contributed by atoms with Gasteiger partial charge in [-0.3, -0.25) is 19.8 Å². The topological polar surface area (TPSA) is 78.5 Å². The molecule has 0 atom stereocenters. The van der Waals surface area contributed by atoms with Gasteiger partial charge in [-0.1, -0.05) is 30.3 Å². The minimum Gasteiger partial charge on any atom is -0.343 e. The van der Waals surface area contributed by atoms with Crippen molar-refractivity contribution in [2.24, 2.45) is 0 Å². The number of hydrogen-bond acceptors (Lipinski definition) is 3. The van der Waals surface area contributed by atoms with Crippen molar-refractivity contribution < 1.29 is 14.4 Å². The molecular formula is C21H21N3O3. The Hall–Kier alpha value is -3.15. The van der Waals surface area contributed by atoms with Gasteiger partial charge in [0.2, 0.25) is 11.8 Å². The fourth-order valence-electron chi connectivity index (χ4n) is 3.61. The van der Waals surface area contributed by atoms with Crippen LogP contribution in [0, 0.1) is 0 Å². The van der Waals surface area contributed by atoms with Gasteiger partial charge in [-0.05, 0) is 49.1 Å². The number of nitrogens with one attached hydrogen (secondary N) is 2. The molecule has 1 aliphatic heterocycles. The second kappa shape index (κ2) is 6.87. The zero-order valence-electron chi connectivity index (χ0n) is 14.9. The molecule has 2 aromatic rings. The minimum atomic E-state index is -0.298. The van der Waals surface area contributed by atoms with Crippen LogP contribution >= 0.6 is 0 Å². The van der Waals surface area contributed by atoms with E-state index in [0.717, 1.165) is 24.8 Å². The first-order valence-electron chi connectivity index (χ1n) is 9.18. The Morgan fingerprint density at radius 1 is 0.963 bits per heavy atom. The molecule has 138 valence electrons. The maximum absolute atomic E-state index is 12.8. The van der Waals surface area contributed by atoms with Crippen molar-refractivity contribution in [3.63, 3.8) is 0 Å². The van der Waals surface area contributed by atoms with E-state index in [2.05, 4.69) is 10.7 Å². The molecule has 0 bridgehead atoms. The van der Waals surface area contributed by atoms with Gasteiger partial charge in [-0.2, -0.15) is 0 Å². The molecule has 2 N–H and O–H groups in total. The quantitative estimate of drug-likeness (QED) is 0.877. The molecule has 3 amide bonds. The highest BCUT2D eigenvalue weighted by atomic mass is 16.2. The standard InChI is InChI=1S/C21H21N3O3/c25-18-11-12-19(26)24(23-18)17-9-7-15(8-10-17)20(27)22-21(13-4-14-21)16-5-2-1-3-6-16/h1-3,5-10H,4,11-14H2,(H,22,27)(H,23,25). The van der Waals surface area contributed by atoms with Crippen LogP contribution < -0.4 is 15.8 Å². The van der Waals surface area contributed by atoms with Gasteiger partial charge in [0, 0.05) is 18.4 Å². The molecule has 2 aliphatic rings. The number of hydrazine groups is 1. The lowest BCUT2D eigenvalue weighted by molar-refractivity contribution is -0.130. The van der Waals surface area contributed by atoms with E-state index in [1.165, 1.54) is 5.01 Å². The number of carbonyl (C=O) groups excluding carboxylic acids is 3. The van der Waals surface area contributed by atoms with Crippen molar-refractivity contribution in [1.82, 2.24) is 10.7 Å². The van der Waals surface area contributed by atoms with Crippen LogP contribution in [0.1, 0.15) is 48.0 Å². The highest BCUT2D eigenvalue weighted by Crippen LogP contribution is 2.41. The lowest BCUT2D eigenvalue weighted by Crippen LogP contribution is -2.51. The monoisotopic (exact) mass is 363 g/mol. The van der Waals surface area contributed by atoms with E-state index < -0.39 is 0 Å². The first-order valence-corrected chi connectivity index (χ1v) is 9.18. The molecule has 6 heteroatoms. The molecule has 0 unspecified atom stereocenters. The maximum Gasteiger partial charge on any atom is 0.251 e. The molecule has 0 radical (unpaired) electrons. The minimum absolute atomic E-state index is 0.140. The fraction of sp³-hybridized carbons (Fsp3) is 0.286. The molecule has 1 saturated carbocycles. The normalized spacial score (nSPS) is 18.4. The number of nitrogens with zero attached hydrogens (tertiary/aromatic N) is 1. The van der Waals surface area contributed by atoms with E-state index in [1.54, 1.807) is 24.3 Å². The number of carbonyl (C=O) groups is 3. The zero-order chi connectivity index (χ0) is 18.9. The van der Waals surface area contributed by atoms with E-state index >= 15 is 0 Å². The van der Waals surface area contributed by atoms with E-state index in [9.17, 15) is 14.4 Å². The summed E-state index contributed by atoms with van der Waals surface area (Å²) < 4.78 is 0. The second-order valence-corrected chi connectivity index (χ2v) is 7.07. The molecule has 4 rings (SSSR count). The van der Waals surface area contributed by atoms with Crippen molar-refractivity contribution in [2.75, 3.05) is 5.01 Å². The first kappa shape index (κ1) is 17.3. The number of hydrogen-bond donors (Lipinski definition) is 2. The zero-order valence-corrected chi connectivity index (χ0v) is 14.9. The van der Waals surface area contributed by atoms with Crippen LogP contribution in [0.2, 0.25) is 0 Å². The average molecular weight is 363 g/mol. The van der Waals surface area contributed by atoms with Gasteiger partial charge in [-0.25, -0.2) is 5.01 Å². The Labute approximate surface area is 157 Å². The van der Waals surface area contributed by atoms with Gasteiger partial charge in [-0.15, -0.1) is 0 Å². The lowest BCUT2D eigenvalue weighted by atomic mass is 9.71. The van der Waals surface area contributed by atoms with Crippen molar-refractivity contribution >= 4 is 23.4 Å². The molecule has 27 heavy (non-hydrogen) atoms. The van der Waals surface area contributed by atoms with Crippen molar-refractivity contribution in [3.8, 4) is 0 Å². The summed E-state index contributed by atoms with van der Waals surface area (Å²) in [7, 11) is 0. The van der Waals surface area contributed by atoms with Crippen molar-refractivity contribution in [2.45, 2.75) is 37.6 Å². The summed E-state index contributed by atoms with van der Waals surface area (Å²) in [6, 6.07) is 16.7. The third-order valence-electron chi connectivity index (χ3n) is 5.33.